The molecule has 0 fully saturated rings. The molecule has 3 rings (SSSR count). The molecular weight excluding hydrogens is 384 g/mol. The average Bonchev–Trinajstić information content (AvgIpc) is 2.79. The van der Waals surface area contributed by atoms with Crippen molar-refractivity contribution in [3.63, 3.8) is 0 Å². The van der Waals surface area contributed by atoms with Crippen molar-refractivity contribution in [3.05, 3.63) is 56.6 Å². The number of alkyl halides is 3. The number of non-ortho nitro benzene ring substituents is 2. The Balaban J connectivity index is 2.50. The minimum atomic E-state index is -4.59. The van der Waals surface area contributed by atoms with E-state index in [2.05, 4.69) is 0 Å². The number of nitrogens with zero attached hydrogens (tertiary/aromatic N) is 2. The summed E-state index contributed by atoms with van der Waals surface area (Å²) in [6.45, 7) is 0. The van der Waals surface area contributed by atoms with E-state index in [1.54, 1.807) is 0 Å². The van der Waals surface area contributed by atoms with Crippen LogP contribution in [-0.4, -0.2) is 23.3 Å². The predicted molar refractivity (Wildman–Crippen MR) is 77.6 cm³/mol. The molecule has 0 spiro atoms. The van der Waals surface area contributed by atoms with Gasteiger partial charge >= 0.3 is 129 Å². The summed E-state index contributed by atoms with van der Waals surface area (Å²) < 4.78 is 40.2. The molecule has 1 heterocycles. The Kier molecular flexibility index (Phi) is 3.38. The molecule has 6 nitrogen and oxygen atoms in total. The normalized spacial score (nSPS) is 12.0. The SMILES string of the molecule is O=[N+]([O-])c1ccc2c3ccc([N+](=O)[O-])cc3[se+](C(F)(F)F)c2c1. The minimum absolute atomic E-state index is 0.137. The van der Waals surface area contributed by atoms with Gasteiger partial charge in [0, 0.05) is 0 Å². The molecule has 0 amide bonds. The van der Waals surface area contributed by atoms with Gasteiger partial charge in [0.05, 0.1) is 0 Å². The summed E-state index contributed by atoms with van der Waals surface area (Å²) in [4.78, 5) is 20.1. The van der Waals surface area contributed by atoms with Gasteiger partial charge in [-0.05, 0) is 0 Å². The van der Waals surface area contributed by atoms with Gasteiger partial charge in [-0.2, -0.15) is 0 Å². The number of fused-ring (bicyclic) bond motifs is 3. The van der Waals surface area contributed by atoms with E-state index in [9.17, 15) is 33.4 Å². The van der Waals surface area contributed by atoms with Crippen molar-refractivity contribution in [1.82, 2.24) is 0 Å². The molecule has 0 bridgehead atoms. The predicted octanol–water partition coefficient (Wildman–Crippen LogP) is 4.03. The average molecular weight is 390 g/mol. The van der Waals surface area contributed by atoms with Crippen molar-refractivity contribution in [1.29, 1.82) is 0 Å². The quantitative estimate of drug-likeness (QED) is 0.376. The van der Waals surface area contributed by atoms with Gasteiger partial charge in [-0.25, -0.2) is 0 Å². The summed E-state index contributed by atoms with van der Waals surface area (Å²) in [7, 11) is 0. The van der Waals surface area contributed by atoms with Crippen LogP contribution < -0.4 is 0 Å². The van der Waals surface area contributed by atoms with E-state index < -0.39 is 39.7 Å². The molecule has 0 atom stereocenters. The first-order valence-electron chi connectivity index (χ1n) is 6.08. The molecule has 0 N–H and O–H groups in total. The van der Waals surface area contributed by atoms with Gasteiger partial charge in [-0.3, -0.25) is 0 Å². The van der Waals surface area contributed by atoms with E-state index in [4.69, 9.17) is 0 Å². The number of hydrogen-bond donors (Lipinski definition) is 0. The summed E-state index contributed by atoms with van der Waals surface area (Å²) in [6, 6.07) is 6.67. The van der Waals surface area contributed by atoms with E-state index in [1.807, 2.05) is 0 Å². The molecular formula is C13H6F3N2O4Se+. The second-order valence-electron chi connectivity index (χ2n) is 4.63. The molecule has 0 aliphatic heterocycles. The summed E-state index contributed by atoms with van der Waals surface area (Å²) in [6.07, 6.45) is 0. The van der Waals surface area contributed by atoms with Gasteiger partial charge in [0.1, 0.15) is 0 Å². The Morgan fingerprint density at radius 3 is 1.52 bits per heavy atom. The molecule has 2 aromatic carbocycles. The molecule has 1 aromatic heterocycles. The van der Waals surface area contributed by atoms with Crippen LogP contribution in [0.15, 0.2) is 36.4 Å². The summed E-state index contributed by atoms with van der Waals surface area (Å²) in [5, 5.41) is 17.6. The first kappa shape index (κ1) is 15.4. The third-order valence-electron chi connectivity index (χ3n) is 3.31. The second kappa shape index (κ2) is 5.04. The standard InChI is InChI=1S/C13H6F3N2O4Se/c14-13(15,16)23-11-5-7(17(19)20)1-3-9(11)10-4-2-8(18(21)22)6-12(10)23/h1-6H/q+1. The zero-order valence-electron chi connectivity index (χ0n) is 11.0. The van der Waals surface area contributed by atoms with E-state index in [1.165, 1.54) is 12.1 Å². The third-order valence-corrected chi connectivity index (χ3v) is 7.55. The Hall–Kier alpha value is -2.45. The van der Waals surface area contributed by atoms with Crippen LogP contribution in [0.2, 0.25) is 0 Å². The summed E-state index contributed by atoms with van der Waals surface area (Å²) >= 11 is -3.64. The molecule has 23 heavy (non-hydrogen) atoms. The summed E-state index contributed by atoms with van der Waals surface area (Å²) in [5.41, 5.74) is -0.854. The Morgan fingerprint density at radius 2 is 1.22 bits per heavy atom. The Bertz CT molecular complexity index is 909. The number of rotatable bonds is 2. The molecule has 0 saturated carbocycles. The number of nitro groups is 2. The second-order valence-corrected chi connectivity index (χ2v) is 8.73. The van der Waals surface area contributed by atoms with Crippen LogP contribution in [-0.2, 0) is 5.07 Å². The van der Waals surface area contributed by atoms with E-state index >= 15 is 0 Å². The van der Waals surface area contributed by atoms with E-state index in [-0.39, 0.29) is 19.3 Å². The first-order valence-corrected chi connectivity index (χ1v) is 8.65. The van der Waals surface area contributed by atoms with Gasteiger partial charge in [0.25, 0.3) is 0 Å². The molecule has 0 unspecified atom stereocenters. The molecule has 0 radical (unpaired) electrons. The molecule has 118 valence electrons. The fraction of sp³-hybridized carbons (Fsp3) is 0.0769. The number of hydrogen-bond acceptors (Lipinski definition) is 4. The van der Waals surface area contributed by atoms with Crippen molar-refractivity contribution in [3.8, 4) is 0 Å². The van der Waals surface area contributed by atoms with Gasteiger partial charge in [0.15, 0.2) is 0 Å². The van der Waals surface area contributed by atoms with Crippen molar-refractivity contribution in [2.45, 2.75) is 5.07 Å². The monoisotopic (exact) mass is 391 g/mol. The third kappa shape index (κ3) is 2.45. The van der Waals surface area contributed by atoms with Gasteiger partial charge in [-0.1, -0.05) is 0 Å². The maximum atomic E-state index is 13.5. The molecule has 0 aliphatic carbocycles. The Labute approximate surface area is 129 Å². The molecule has 0 saturated heterocycles. The number of benzene rings is 2. The topological polar surface area (TPSA) is 86.3 Å². The fourth-order valence-electron chi connectivity index (χ4n) is 2.40. The molecule has 10 heteroatoms. The first-order chi connectivity index (χ1) is 10.7. The van der Waals surface area contributed by atoms with Gasteiger partial charge < -0.3 is 0 Å². The van der Waals surface area contributed by atoms with Crippen molar-refractivity contribution in [2.24, 2.45) is 0 Å². The summed E-state index contributed by atoms with van der Waals surface area (Å²) in [5.74, 6) is 0. The Morgan fingerprint density at radius 1 is 0.826 bits per heavy atom. The van der Waals surface area contributed by atoms with Crippen LogP contribution >= 0.6 is 0 Å². The van der Waals surface area contributed by atoms with Crippen LogP contribution in [0.5, 0.6) is 0 Å². The van der Waals surface area contributed by atoms with Crippen LogP contribution in [0.25, 0.3) is 19.3 Å². The van der Waals surface area contributed by atoms with E-state index in [0.29, 0.717) is 0 Å². The zero-order valence-corrected chi connectivity index (χ0v) is 12.7. The van der Waals surface area contributed by atoms with Gasteiger partial charge in [-0.15, -0.1) is 0 Å². The fourth-order valence-corrected chi connectivity index (χ4v) is 6.61. The van der Waals surface area contributed by atoms with E-state index in [0.717, 1.165) is 24.3 Å². The van der Waals surface area contributed by atoms with Crippen LogP contribution in [0.1, 0.15) is 0 Å². The van der Waals surface area contributed by atoms with Crippen molar-refractivity contribution in [2.75, 3.05) is 0 Å². The van der Waals surface area contributed by atoms with Crippen molar-refractivity contribution < 1.29 is 23.0 Å². The van der Waals surface area contributed by atoms with Crippen LogP contribution in [0, 0.1) is 20.2 Å². The zero-order chi connectivity index (χ0) is 16.9. The number of halogens is 3. The molecule has 0 aliphatic rings. The van der Waals surface area contributed by atoms with Crippen LogP contribution in [0.3, 0.4) is 0 Å². The molecule has 3 aromatic rings. The van der Waals surface area contributed by atoms with Gasteiger partial charge in [0.2, 0.25) is 0 Å². The maximum absolute atomic E-state index is 13.5. The van der Waals surface area contributed by atoms with Crippen molar-refractivity contribution >= 4 is 44.1 Å². The van der Waals surface area contributed by atoms with Crippen LogP contribution in [0.4, 0.5) is 24.5 Å². The number of nitro benzene ring substituents is 2.